The highest BCUT2D eigenvalue weighted by Gasteiger charge is 2.24. The zero-order chi connectivity index (χ0) is 19.5. The smallest absolute Gasteiger partial charge is 0.414 e. The molecule has 1 aliphatic carbocycles. The third-order valence-electron chi connectivity index (χ3n) is 4.20. The number of hydrogen-bond acceptors (Lipinski definition) is 6. The molecule has 0 aromatic heterocycles. The molecule has 0 saturated heterocycles. The lowest BCUT2D eigenvalue weighted by atomic mass is 9.92. The molecule has 26 heavy (non-hydrogen) atoms. The predicted molar refractivity (Wildman–Crippen MR) is 94.7 cm³/mol. The van der Waals surface area contributed by atoms with Crippen molar-refractivity contribution in [2.24, 2.45) is 0 Å². The number of carboxylic acids is 2. The lowest BCUT2D eigenvalue weighted by Crippen LogP contribution is -2.42. The largest absolute Gasteiger partial charge is 0.493 e. The molecule has 1 aliphatic rings. The molecule has 1 aromatic carbocycles. The van der Waals surface area contributed by atoms with Crippen molar-refractivity contribution in [1.29, 1.82) is 0 Å². The van der Waals surface area contributed by atoms with Gasteiger partial charge in [0.25, 0.3) is 0 Å². The third kappa shape index (κ3) is 6.89. The van der Waals surface area contributed by atoms with Gasteiger partial charge in [-0.05, 0) is 30.5 Å². The Hall–Kier alpha value is -2.32. The van der Waals surface area contributed by atoms with Crippen LogP contribution < -0.4 is 14.8 Å². The van der Waals surface area contributed by atoms with Crippen LogP contribution in [0.4, 0.5) is 0 Å². The highest BCUT2D eigenvalue weighted by Crippen LogP contribution is 2.28. The quantitative estimate of drug-likeness (QED) is 0.652. The van der Waals surface area contributed by atoms with Gasteiger partial charge in [-0.15, -0.1) is 0 Å². The van der Waals surface area contributed by atoms with Gasteiger partial charge in [0, 0.05) is 19.7 Å². The van der Waals surface area contributed by atoms with Crippen LogP contribution in [0, 0.1) is 0 Å². The van der Waals surface area contributed by atoms with Gasteiger partial charge >= 0.3 is 11.9 Å². The Labute approximate surface area is 153 Å². The van der Waals surface area contributed by atoms with Gasteiger partial charge in [-0.1, -0.05) is 18.9 Å². The van der Waals surface area contributed by atoms with Gasteiger partial charge in [0.15, 0.2) is 11.5 Å². The van der Waals surface area contributed by atoms with E-state index in [2.05, 4.69) is 11.4 Å². The minimum atomic E-state index is -1.82. The van der Waals surface area contributed by atoms with Crippen molar-refractivity contribution in [3.63, 3.8) is 0 Å². The van der Waals surface area contributed by atoms with Crippen LogP contribution in [0.1, 0.15) is 31.2 Å². The van der Waals surface area contributed by atoms with E-state index in [1.807, 2.05) is 12.1 Å². The first kappa shape index (κ1) is 21.7. The minimum absolute atomic E-state index is 0.337. The maximum Gasteiger partial charge on any atom is 0.414 e. The van der Waals surface area contributed by atoms with E-state index in [1.165, 1.54) is 24.8 Å². The Morgan fingerprint density at radius 3 is 2.19 bits per heavy atom. The van der Waals surface area contributed by atoms with Crippen LogP contribution in [-0.2, 0) is 20.9 Å². The number of carboxylic acid groups (broad SMARTS) is 2. The molecular formula is C18H27NO7. The summed E-state index contributed by atoms with van der Waals surface area (Å²) in [5.74, 6) is -2.10. The lowest BCUT2D eigenvalue weighted by Gasteiger charge is -2.31. The molecule has 0 heterocycles. The average molecular weight is 369 g/mol. The van der Waals surface area contributed by atoms with E-state index < -0.39 is 11.9 Å². The van der Waals surface area contributed by atoms with Crippen LogP contribution in [0.15, 0.2) is 18.2 Å². The standard InChI is InChI=1S/C16H25NO3.C2H2O4/c1-18-14-7-5-4-6-13(14)17-11-12-8-9-15(19-2)16(10-12)20-3;3-1(4)2(5)6/h8-10,13-14,17H,4-7,11H2,1-3H3;(H,3,4)(H,5,6). The molecule has 146 valence electrons. The van der Waals surface area contributed by atoms with Gasteiger partial charge in [0.2, 0.25) is 0 Å². The first-order valence-corrected chi connectivity index (χ1v) is 8.36. The Bertz CT molecular complexity index is 579. The highest BCUT2D eigenvalue weighted by atomic mass is 16.5. The molecule has 1 aromatic rings. The number of aliphatic carboxylic acids is 2. The fourth-order valence-corrected chi connectivity index (χ4v) is 2.85. The van der Waals surface area contributed by atoms with E-state index in [-0.39, 0.29) is 0 Å². The molecule has 1 fully saturated rings. The van der Waals surface area contributed by atoms with Crippen molar-refractivity contribution in [2.45, 2.75) is 44.4 Å². The number of benzene rings is 1. The van der Waals surface area contributed by atoms with E-state index in [0.29, 0.717) is 12.1 Å². The van der Waals surface area contributed by atoms with Gasteiger partial charge in [-0.25, -0.2) is 9.59 Å². The van der Waals surface area contributed by atoms with Crippen LogP contribution >= 0.6 is 0 Å². The average Bonchev–Trinajstić information content (AvgIpc) is 2.66. The summed E-state index contributed by atoms with van der Waals surface area (Å²) in [6.07, 6.45) is 5.23. The number of ether oxygens (including phenoxy) is 3. The van der Waals surface area contributed by atoms with Gasteiger partial charge in [0.1, 0.15) is 0 Å². The molecule has 0 spiro atoms. The lowest BCUT2D eigenvalue weighted by molar-refractivity contribution is -0.159. The molecular weight excluding hydrogens is 342 g/mol. The van der Waals surface area contributed by atoms with E-state index in [1.54, 1.807) is 21.3 Å². The normalized spacial score (nSPS) is 19.0. The van der Waals surface area contributed by atoms with Crippen LogP contribution in [0.3, 0.4) is 0 Å². The van der Waals surface area contributed by atoms with E-state index >= 15 is 0 Å². The topological polar surface area (TPSA) is 114 Å². The number of carbonyl (C=O) groups is 2. The third-order valence-corrected chi connectivity index (χ3v) is 4.20. The second-order valence-electron chi connectivity index (χ2n) is 5.85. The van der Waals surface area contributed by atoms with E-state index in [9.17, 15) is 0 Å². The fraction of sp³-hybridized carbons (Fsp3) is 0.556. The van der Waals surface area contributed by atoms with Crippen LogP contribution in [0.5, 0.6) is 11.5 Å². The summed E-state index contributed by atoms with van der Waals surface area (Å²) in [4.78, 5) is 18.2. The molecule has 0 radical (unpaired) electrons. The summed E-state index contributed by atoms with van der Waals surface area (Å²) >= 11 is 0. The predicted octanol–water partition coefficient (Wildman–Crippen LogP) is 1.91. The maximum atomic E-state index is 9.10. The van der Waals surface area contributed by atoms with Crippen molar-refractivity contribution >= 4 is 11.9 Å². The first-order valence-electron chi connectivity index (χ1n) is 8.36. The van der Waals surface area contributed by atoms with Crippen molar-refractivity contribution in [3.8, 4) is 11.5 Å². The molecule has 8 nitrogen and oxygen atoms in total. The number of hydrogen-bond donors (Lipinski definition) is 3. The monoisotopic (exact) mass is 369 g/mol. The Balaban J connectivity index is 0.000000487. The van der Waals surface area contributed by atoms with Crippen molar-refractivity contribution in [3.05, 3.63) is 23.8 Å². The molecule has 3 N–H and O–H groups in total. The Morgan fingerprint density at radius 1 is 1.04 bits per heavy atom. The van der Waals surface area contributed by atoms with Gasteiger partial charge < -0.3 is 29.7 Å². The Morgan fingerprint density at radius 2 is 1.65 bits per heavy atom. The molecule has 1 saturated carbocycles. The summed E-state index contributed by atoms with van der Waals surface area (Å²) in [5, 5.41) is 18.4. The molecule has 0 amide bonds. The molecule has 2 atom stereocenters. The van der Waals surface area contributed by atoms with Crippen molar-refractivity contribution in [2.75, 3.05) is 21.3 Å². The SMILES string of the molecule is COc1ccc(CNC2CCCCC2OC)cc1OC.O=C(O)C(=O)O. The zero-order valence-corrected chi connectivity index (χ0v) is 15.4. The van der Waals surface area contributed by atoms with Crippen molar-refractivity contribution < 1.29 is 34.0 Å². The molecule has 0 bridgehead atoms. The summed E-state index contributed by atoms with van der Waals surface area (Å²) in [5.41, 5.74) is 1.20. The molecule has 2 unspecified atom stereocenters. The highest BCUT2D eigenvalue weighted by molar-refractivity contribution is 6.27. The van der Waals surface area contributed by atoms with Gasteiger partial charge in [0.05, 0.1) is 20.3 Å². The van der Waals surface area contributed by atoms with Gasteiger partial charge in [-0.2, -0.15) is 0 Å². The first-order chi connectivity index (χ1) is 12.4. The summed E-state index contributed by atoms with van der Waals surface area (Å²) in [6.45, 7) is 0.824. The fourth-order valence-electron chi connectivity index (χ4n) is 2.85. The molecule has 0 aliphatic heterocycles. The van der Waals surface area contributed by atoms with E-state index in [4.69, 9.17) is 34.0 Å². The minimum Gasteiger partial charge on any atom is -0.493 e. The van der Waals surface area contributed by atoms with Crippen LogP contribution in [0.2, 0.25) is 0 Å². The van der Waals surface area contributed by atoms with Gasteiger partial charge in [-0.3, -0.25) is 0 Å². The number of nitrogens with one attached hydrogen (secondary N) is 1. The zero-order valence-electron chi connectivity index (χ0n) is 15.4. The van der Waals surface area contributed by atoms with E-state index in [0.717, 1.165) is 24.5 Å². The Kier molecular flexibility index (Phi) is 9.46. The second kappa shape index (κ2) is 11.3. The van der Waals surface area contributed by atoms with Crippen molar-refractivity contribution in [1.82, 2.24) is 5.32 Å². The summed E-state index contributed by atoms with van der Waals surface area (Å²) in [6, 6.07) is 6.49. The summed E-state index contributed by atoms with van der Waals surface area (Å²) < 4.78 is 16.2. The molecule has 2 rings (SSSR count). The van der Waals surface area contributed by atoms with Crippen LogP contribution in [-0.4, -0.2) is 55.6 Å². The maximum absolute atomic E-state index is 9.10. The second-order valence-corrected chi connectivity index (χ2v) is 5.85. The number of rotatable bonds is 6. The van der Waals surface area contributed by atoms with Crippen LogP contribution in [0.25, 0.3) is 0 Å². The number of methoxy groups -OCH3 is 3. The summed E-state index contributed by atoms with van der Waals surface area (Å²) in [7, 11) is 5.12. The molecule has 8 heteroatoms.